The van der Waals surface area contributed by atoms with Gasteiger partial charge >= 0.3 is 12.0 Å². The van der Waals surface area contributed by atoms with Crippen LogP contribution in [0.5, 0.6) is 0 Å². The van der Waals surface area contributed by atoms with Crippen LogP contribution in [-0.2, 0) is 14.3 Å². The van der Waals surface area contributed by atoms with Crippen molar-refractivity contribution in [2.45, 2.75) is 32.9 Å². The molecule has 154 valence electrons. The molecule has 8 nitrogen and oxygen atoms in total. The van der Waals surface area contributed by atoms with Crippen molar-refractivity contribution in [1.82, 2.24) is 10.3 Å². The molecular formula is C20H23ClN4O4. The van der Waals surface area contributed by atoms with Gasteiger partial charge in [0.2, 0.25) is 0 Å². The monoisotopic (exact) mass is 418 g/mol. The van der Waals surface area contributed by atoms with Crippen molar-refractivity contribution in [2.24, 2.45) is 5.92 Å². The number of carbonyl (C=O) groups excluding carboxylic acids is 3. The molecule has 3 N–H and O–H groups in total. The minimum atomic E-state index is -1.10. The number of aromatic nitrogens is 1. The number of esters is 1. The molecule has 2 aromatic rings. The zero-order valence-electron chi connectivity index (χ0n) is 16.3. The minimum Gasteiger partial charge on any atom is -0.451 e. The van der Waals surface area contributed by atoms with Gasteiger partial charge < -0.3 is 20.7 Å². The molecule has 29 heavy (non-hydrogen) atoms. The third kappa shape index (κ3) is 6.76. The second-order valence-electron chi connectivity index (χ2n) is 6.60. The number of halogens is 1. The Morgan fingerprint density at radius 3 is 2.31 bits per heavy atom. The minimum absolute atomic E-state index is 0.124. The fourth-order valence-electron chi connectivity index (χ4n) is 2.34. The van der Waals surface area contributed by atoms with E-state index in [0.717, 1.165) is 0 Å². The Morgan fingerprint density at radius 1 is 1.00 bits per heavy atom. The van der Waals surface area contributed by atoms with E-state index in [-0.39, 0.29) is 11.1 Å². The molecule has 0 aliphatic heterocycles. The van der Waals surface area contributed by atoms with E-state index in [1.807, 2.05) is 6.07 Å². The lowest BCUT2D eigenvalue weighted by Crippen LogP contribution is -2.48. The number of nitrogens with zero attached hydrogens (tertiary/aromatic N) is 1. The molecule has 3 amide bonds. The molecule has 1 aromatic carbocycles. The number of hydrogen-bond acceptors (Lipinski definition) is 5. The maximum absolute atomic E-state index is 12.5. The second-order valence-corrected chi connectivity index (χ2v) is 6.95. The zero-order valence-corrected chi connectivity index (χ0v) is 17.1. The largest absolute Gasteiger partial charge is 0.451 e. The van der Waals surface area contributed by atoms with Crippen LogP contribution in [0.4, 0.5) is 16.2 Å². The van der Waals surface area contributed by atoms with E-state index in [1.54, 1.807) is 50.2 Å². The number of rotatable bonds is 7. The Balaban J connectivity index is 1.94. The number of nitrogens with one attached hydrogen (secondary N) is 3. The Bertz CT molecular complexity index is 861. The summed E-state index contributed by atoms with van der Waals surface area (Å²) in [5.41, 5.74) is 0.893. The fraction of sp³-hybridized carbons (Fsp3) is 0.300. The van der Waals surface area contributed by atoms with Crippen LogP contribution < -0.4 is 16.0 Å². The Morgan fingerprint density at radius 2 is 1.69 bits per heavy atom. The molecule has 0 fully saturated rings. The third-order valence-corrected chi connectivity index (χ3v) is 4.22. The van der Waals surface area contributed by atoms with Crippen molar-refractivity contribution in [3.8, 4) is 0 Å². The van der Waals surface area contributed by atoms with Crippen molar-refractivity contribution in [3.05, 3.63) is 53.8 Å². The van der Waals surface area contributed by atoms with E-state index in [2.05, 4.69) is 20.9 Å². The van der Waals surface area contributed by atoms with Gasteiger partial charge in [0.05, 0.1) is 5.69 Å². The summed E-state index contributed by atoms with van der Waals surface area (Å²) in [5.74, 6) is -1.54. The van der Waals surface area contributed by atoms with Crippen LogP contribution in [0.1, 0.15) is 20.8 Å². The predicted molar refractivity (Wildman–Crippen MR) is 111 cm³/mol. The summed E-state index contributed by atoms with van der Waals surface area (Å²) in [6.45, 7) is 4.95. The summed E-state index contributed by atoms with van der Waals surface area (Å²) in [5, 5.41) is 7.89. The maximum atomic E-state index is 12.5. The Hall–Kier alpha value is -3.13. The highest BCUT2D eigenvalue weighted by Crippen LogP contribution is 2.18. The SMILES string of the molecule is CC(C)[C@@H](NC(=O)Nc1ccccc1)C(=O)O[C@H](C)C(=O)Nc1cccnc1Cl. The molecule has 0 saturated carbocycles. The van der Waals surface area contributed by atoms with Crippen LogP contribution in [-0.4, -0.2) is 35.0 Å². The summed E-state index contributed by atoms with van der Waals surface area (Å²) in [4.78, 5) is 40.9. The number of hydrogen-bond donors (Lipinski definition) is 3. The second kappa shape index (κ2) is 10.4. The van der Waals surface area contributed by atoms with E-state index in [4.69, 9.17) is 16.3 Å². The molecule has 2 atom stereocenters. The molecule has 0 aliphatic carbocycles. The van der Waals surface area contributed by atoms with Crippen LogP contribution in [0.25, 0.3) is 0 Å². The van der Waals surface area contributed by atoms with Crippen molar-refractivity contribution < 1.29 is 19.1 Å². The van der Waals surface area contributed by atoms with E-state index in [0.29, 0.717) is 11.4 Å². The highest BCUT2D eigenvalue weighted by molar-refractivity contribution is 6.32. The number of ether oxygens (including phenoxy) is 1. The van der Waals surface area contributed by atoms with Crippen LogP contribution >= 0.6 is 11.6 Å². The smallest absolute Gasteiger partial charge is 0.329 e. The van der Waals surface area contributed by atoms with Crippen molar-refractivity contribution in [1.29, 1.82) is 0 Å². The molecule has 9 heteroatoms. The summed E-state index contributed by atoms with van der Waals surface area (Å²) in [6, 6.07) is 10.5. The van der Waals surface area contributed by atoms with Gasteiger partial charge in [-0.3, -0.25) is 4.79 Å². The Labute approximate surface area is 174 Å². The summed E-state index contributed by atoms with van der Waals surface area (Å²) >= 11 is 5.91. The van der Waals surface area contributed by atoms with Crippen molar-refractivity contribution >= 4 is 40.9 Å². The lowest BCUT2D eigenvalue weighted by Gasteiger charge is -2.23. The van der Waals surface area contributed by atoms with Crippen LogP contribution in [0, 0.1) is 5.92 Å². The number of amides is 3. The Kier molecular flexibility index (Phi) is 7.97. The van der Waals surface area contributed by atoms with Gasteiger partial charge in [-0.05, 0) is 37.1 Å². The first-order valence-electron chi connectivity index (χ1n) is 9.02. The van der Waals surface area contributed by atoms with E-state index in [9.17, 15) is 14.4 Å². The van der Waals surface area contributed by atoms with Gasteiger partial charge in [0, 0.05) is 11.9 Å². The normalized spacial score (nSPS) is 12.6. The average Bonchev–Trinajstić information content (AvgIpc) is 2.68. The third-order valence-electron chi connectivity index (χ3n) is 3.92. The molecular weight excluding hydrogens is 396 g/mol. The standard InChI is InChI=1S/C20H23ClN4O4/c1-12(2)16(25-20(28)23-14-8-5-4-6-9-14)19(27)29-13(3)18(26)24-15-10-7-11-22-17(15)21/h4-13,16H,1-3H3,(H,24,26)(H2,23,25,28)/t13-,16-/m1/s1. The lowest BCUT2D eigenvalue weighted by atomic mass is 10.0. The molecule has 1 heterocycles. The predicted octanol–water partition coefficient (Wildman–Crippen LogP) is 3.45. The molecule has 0 unspecified atom stereocenters. The topological polar surface area (TPSA) is 109 Å². The first-order valence-corrected chi connectivity index (χ1v) is 9.40. The number of para-hydroxylation sites is 1. The van der Waals surface area contributed by atoms with E-state index >= 15 is 0 Å². The van der Waals surface area contributed by atoms with Crippen molar-refractivity contribution in [2.75, 3.05) is 10.6 Å². The van der Waals surface area contributed by atoms with Gasteiger partial charge in [-0.2, -0.15) is 0 Å². The molecule has 1 aromatic heterocycles. The first kappa shape index (κ1) is 22.2. The van der Waals surface area contributed by atoms with Gasteiger partial charge in [0.1, 0.15) is 6.04 Å². The van der Waals surface area contributed by atoms with Crippen molar-refractivity contribution in [3.63, 3.8) is 0 Å². The zero-order chi connectivity index (χ0) is 21.4. The van der Waals surface area contributed by atoms with Gasteiger partial charge in [-0.1, -0.05) is 43.6 Å². The summed E-state index contributed by atoms with van der Waals surface area (Å²) in [6.07, 6.45) is 0.389. The average molecular weight is 419 g/mol. The fourth-order valence-corrected chi connectivity index (χ4v) is 2.51. The molecule has 0 bridgehead atoms. The van der Waals surface area contributed by atoms with Gasteiger partial charge in [-0.25, -0.2) is 14.6 Å². The van der Waals surface area contributed by atoms with Gasteiger partial charge in [-0.15, -0.1) is 0 Å². The highest BCUT2D eigenvalue weighted by atomic mass is 35.5. The lowest BCUT2D eigenvalue weighted by molar-refractivity contribution is -0.156. The quantitative estimate of drug-likeness (QED) is 0.471. The number of urea groups is 1. The number of pyridine rings is 1. The maximum Gasteiger partial charge on any atom is 0.329 e. The molecule has 0 saturated heterocycles. The van der Waals surface area contributed by atoms with E-state index < -0.39 is 30.1 Å². The van der Waals surface area contributed by atoms with Gasteiger partial charge in [0.15, 0.2) is 11.3 Å². The van der Waals surface area contributed by atoms with Crippen LogP contribution in [0.3, 0.4) is 0 Å². The van der Waals surface area contributed by atoms with E-state index in [1.165, 1.54) is 13.1 Å². The highest BCUT2D eigenvalue weighted by Gasteiger charge is 2.29. The van der Waals surface area contributed by atoms with Gasteiger partial charge in [0.25, 0.3) is 5.91 Å². The number of carbonyl (C=O) groups is 3. The summed E-state index contributed by atoms with van der Waals surface area (Å²) < 4.78 is 5.24. The first-order chi connectivity index (χ1) is 13.8. The number of anilines is 2. The summed E-state index contributed by atoms with van der Waals surface area (Å²) in [7, 11) is 0. The number of benzene rings is 1. The molecule has 2 rings (SSSR count). The molecule has 0 spiro atoms. The molecule has 0 aliphatic rings. The molecule has 0 radical (unpaired) electrons. The van der Waals surface area contributed by atoms with Crippen LogP contribution in [0.15, 0.2) is 48.7 Å². The van der Waals surface area contributed by atoms with Crippen LogP contribution in [0.2, 0.25) is 5.15 Å².